The monoisotopic (exact) mass is 435 g/mol. The lowest BCUT2D eigenvalue weighted by Crippen LogP contribution is -2.42. The lowest BCUT2D eigenvalue weighted by Gasteiger charge is -2.14. The highest BCUT2D eigenvalue weighted by Gasteiger charge is 2.17. The number of pyridine rings is 2. The second-order valence-corrected chi connectivity index (χ2v) is 7.32. The fourth-order valence-corrected chi connectivity index (χ4v) is 3.44. The first-order valence-electron chi connectivity index (χ1n) is 9.49. The van der Waals surface area contributed by atoms with Crippen molar-refractivity contribution in [2.75, 3.05) is 5.32 Å². The summed E-state index contributed by atoms with van der Waals surface area (Å²) in [4.78, 5) is 47.2. The van der Waals surface area contributed by atoms with Gasteiger partial charge in [-0.1, -0.05) is 23.7 Å². The van der Waals surface area contributed by atoms with Crippen molar-refractivity contribution in [1.82, 2.24) is 19.1 Å². The number of halogens is 1. The highest BCUT2D eigenvalue weighted by atomic mass is 35.5. The quantitative estimate of drug-likeness (QED) is 0.519. The summed E-state index contributed by atoms with van der Waals surface area (Å²) in [7, 11) is 0. The van der Waals surface area contributed by atoms with Crippen molar-refractivity contribution in [3.05, 3.63) is 98.0 Å². The summed E-state index contributed by atoms with van der Waals surface area (Å²) >= 11 is 6.12. The van der Waals surface area contributed by atoms with Crippen molar-refractivity contribution in [3.63, 3.8) is 0 Å². The van der Waals surface area contributed by atoms with Crippen LogP contribution in [0.2, 0.25) is 5.02 Å². The van der Waals surface area contributed by atoms with Gasteiger partial charge in [0.2, 0.25) is 5.91 Å². The van der Waals surface area contributed by atoms with Crippen LogP contribution in [-0.4, -0.2) is 25.0 Å². The third-order valence-electron chi connectivity index (χ3n) is 4.88. The van der Waals surface area contributed by atoms with Crippen molar-refractivity contribution >= 4 is 34.2 Å². The minimum Gasteiger partial charge on any atom is -0.324 e. The van der Waals surface area contributed by atoms with Gasteiger partial charge < -0.3 is 5.32 Å². The van der Waals surface area contributed by atoms with Crippen LogP contribution in [0.4, 0.5) is 5.69 Å². The molecule has 0 unspecified atom stereocenters. The van der Waals surface area contributed by atoms with Gasteiger partial charge in [0.25, 0.3) is 5.56 Å². The van der Waals surface area contributed by atoms with E-state index in [-0.39, 0.29) is 24.1 Å². The van der Waals surface area contributed by atoms with Crippen molar-refractivity contribution < 1.29 is 4.79 Å². The van der Waals surface area contributed by atoms with E-state index in [1.54, 1.807) is 61.7 Å². The van der Waals surface area contributed by atoms with E-state index in [2.05, 4.69) is 15.3 Å². The molecule has 0 bridgehead atoms. The molecule has 0 aliphatic carbocycles. The van der Waals surface area contributed by atoms with Gasteiger partial charge in [0, 0.05) is 23.1 Å². The number of amides is 1. The van der Waals surface area contributed by atoms with Crippen molar-refractivity contribution in [1.29, 1.82) is 0 Å². The zero-order valence-electron chi connectivity index (χ0n) is 16.6. The predicted molar refractivity (Wildman–Crippen MR) is 118 cm³/mol. The van der Waals surface area contributed by atoms with E-state index < -0.39 is 17.2 Å². The topological polar surface area (TPSA) is 98.9 Å². The minimum atomic E-state index is -0.617. The van der Waals surface area contributed by atoms with E-state index in [0.717, 1.165) is 10.1 Å². The second kappa shape index (κ2) is 8.53. The average molecular weight is 436 g/mol. The molecule has 1 N–H and O–H groups in total. The number of fused-ring (bicyclic) bond motifs is 1. The molecule has 0 fully saturated rings. The van der Waals surface area contributed by atoms with Crippen LogP contribution in [0.5, 0.6) is 0 Å². The Labute approximate surface area is 181 Å². The molecule has 0 radical (unpaired) electrons. The Hall–Kier alpha value is -3.78. The van der Waals surface area contributed by atoms with Crippen LogP contribution < -0.4 is 16.6 Å². The normalized spacial score (nSPS) is 10.9. The summed E-state index contributed by atoms with van der Waals surface area (Å²) in [5.74, 6) is -0.430. The van der Waals surface area contributed by atoms with Gasteiger partial charge in [0.15, 0.2) is 5.52 Å². The van der Waals surface area contributed by atoms with Crippen molar-refractivity contribution in [3.8, 4) is 0 Å². The number of benzene rings is 1. The van der Waals surface area contributed by atoms with E-state index in [4.69, 9.17) is 11.6 Å². The SMILES string of the molecule is Cc1c(Cl)cccc1NC(=O)Cn1c(=O)n(Cc2ccccn2)c(=O)c2ncccc21. The summed E-state index contributed by atoms with van der Waals surface area (Å²) in [5.41, 5.74) is 1.05. The Balaban J connectivity index is 1.76. The molecule has 0 spiro atoms. The Morgan fingerprint density at radius 1 is 1.00 bits per heavy atom. The molecule has 3 aromatic heterocycles. The fourth-order valence-electron chi connectivity index (χ4n) is 3.26. The number of carbonyl (C=O) groups excluding carboxylic acids is 1. The van der Waals surface area contributed by atoms with E-state index >= 15 is 0 Å². The minimum absolute atomic E-state index is 0.0277. The molecule has 4 aromatic rings. The Bertz CT molecular complexity index is 1400. The fraction of sp³-hybridized carbons (Fsp3) is 0.136. The molecule has 1 aromatic carbocycles. The molecular formula is C22H18ClN5O3. The molecule has 9 heteroatoms. The maximum atomic E-state index is 13.2. The third-order valence-corrected chi connectivity index (χ3v) is 5.29. The number of nitrogens with zero attached hydrogens (tertiary/aromatic N) is 4. The molecule has 0 saturated carbocycles. The Morgan fingerprint density at radius 3 is 2.58 bits per heavy atom. The molecule has 0 aliphatic rings. The van der Waals surface area contributed by atoms with Gasteiger partial charge in [-0.15, -0.1) is 0 Å². The highest BCUT2D eigenvalue weighted by molar-refractivity contribution is 6.31. The van der Waals surface area contributed by atoms with Crippen LogP contribution in [0.1, 0.15) is 11.3 Å². The summed E-state index contributed by atoms with van der Waals surface area (Å²) < 4.78 is 2.28. The lowest BCUT2D eigenvalue weighted by molar-refractivity contribution is -0.116. The third kappa shape index (κ3) is 4.10. The number of nitrogens with one attached hydrogen (secondary N) is 1. The predicted octanol–water partition coefficient (Wildman–Crippen LogP) is 2.60. The summed E-state index contributed by atoms with van der Waals surface area (Å²) in [6.45, 7) is 1.46. The van der Waals surface area contributed by atoms with Crippen LogP contribution in [0, 0.1) is 6.92 Å². The molecule has 31 heavy (non-hydrogen) atoms. The van der Waals surface area contributed by atoms with Crippen LogP contribution in [0.3, 0.4) is 0 Å². The van der Waals surface area contributed by atoms with Gasteiger partial charge in [-0.25, -0.2) is 9.78 Å². The zero-order valence-corrected chi connectivity index (χ0v) is 17.3. The van der Waals surface area contributed by atoms with Gasteiger partial charge in [-0.3, -0.25) is 23.7 Å². The molecule has 1 amide bonds. The molecular weight excluding hydrogens is 418 g/mol. The van der Waals surface area contributed by atoms with Gasteiger partial charge in [-0.2, -0.15) is 0 Å². The molecule has 3 heterocycles. The lowest BCUT2D eigenvalue weighted by atomic mass is 10.2. The first-order chi connectivity index (χ1) is 15.0. The number of rotatable bonds is 5. The molecule has 0 aliphatic heterocycles. The van der Waals surface area contributed by atoms with E-state index in [1.807, 2.05) is 0 Å². The molecule has 0 saturated heterocycles. The zero-order chi connectivity index (χ0) is 22.0. The number of hydrogen-bond donors (Lipinski definition) is 1. The first kappa shape index (κ1) is 20.5. The number of hydrogen-bond acceptors (Lipinski definition) is 5. The van der Waals surface area contributed by atoms with E-state index in [9.17, 15) is 14.4 Å². The Kier molecular flexibility index (Phi) is 5.64. The maximum Gasteiger partial charge on any atom is 0.332 e. The number of aromatic nitrogens is 4. The van der Waals surface area contributed by atoms with Gasteiger partial charge in [0.05, 0.1) is 17.8 Å². The highest BCUT2D eigenvalue weighted by Crippen LogP contribution is 2.22. The average Bonchev–Trinajstić information content (AvgIpc) is 2.78. The largest absolute Gasteiger partial charge is 0.332 e. The van der Waals surface area contributed by atoms with Crippen LogP contribution in [0.25, 0.3) is 11.0 Å². The first-order valence-corrected chi connectivity index (χ1v) is 9.86. The molecule has 0 atom stereocenters. The number of carbonyl (C=O) groups is 1. The standard InChI is InChI=1S/C22H18ClN5O3/c1-14-16(23)7-4-8-17(14)26-19(29)13-27-18-9-5-11-25-20(18)21(30)28(22(27)31)12-15-6-2-3-10-24-15/h2-11H,12-13H2,1H3,(H,26,29). The maximum absolute atomic E-state index is 13.2. The van der Waals surface area contributed by atoms with Gasteiger partial charge >= 0.3 is 5.69 Å². The number of anilines is 1. The van der Waals surface area contributed by atoms with Crippen LogP contribution in [0.15, 0.2) is 70.5 Å². The van der Waals surface area contributed by atoms with Crippen LogP contribution in [-0.2, 0) is 17.9 Å². The van der Waals surface area contributed by atoms with Crippen LogP contribution >= 0.6 is 11.6 Å². The summed E-state index contributed by atoms with van der Waals surface area (Å²) in [6, 6.07) is 13.6. The van der Waals surface area contributed by atoms with Gasteiger partial charge in [-0.05, 0) is 48.9 Å². The molecule has 4 rings (SSSR count). The van der Waals surface area contributed by atoms with E-state index in [1.165, 1.54) is 10.8 Å². The molecule has 8 nitrogen and oxygen atoms in total. The molecule has 156 valence electrons. The summed E-state index contributed by atoms with van der Waals surface area (Å²) in [6.07, 6.45) is 3.05. The second-order valence-electron chi connectivity index (χ2n) is 6.91. The smallest absolute Gasteiger partial charge is 0.324 e. The Morgan fingerprint density at radius 2 is 1.81 bits per heavy atom. The van der Waals surface area contributed by atoms with Crippen molar-refractivity contribution in [2.45, 2.75) is 20.0 Å². The van der Waals surface area contributed by atoms with Gasteiger partial charge in [0.1, 0.15) is 6.54 Å². The summed E-state index contributed by atoms with van der Waals surface area (Å²) in [5, 5.41) is 3.29. The van der Waals surface area contributed by atoms with E-state index in [0.29, 0.717) is 16.4 Å². The van der Waals surface area contributed by atoms with Crippen molar-refractivity contribution in [2.24, 2.45) is 0 Å².